The van der Waals surface area contributed by atoms with Gasteiger partial charge in [0.1, 0.15) is 11.2 Å². The molecule has 0 aliphatic rings. The molecule has 0 bridgehead atoms. The molecule has 0 aliphatic heterocycles. The smallest absolute Gasteiger partial charge is 0.137 e. The first kappa shape index (κ1) is 30.0. The van der Waals surface area contributed by atoms with E-state index in [1.54, 1.807) is 0 Å². The van der Waals surface area contributed by atoms with Gasteiger partial charge in [-0.3, -0.25) is 0 Å². The first-order valence-corrected chi connectivity index (χ1v) is 18.8. The molecule has 0 fully saturated rings. The Bertz CT molecular complexity index is 3180. The van der Waals surface area contributed by atoms with Gasteiger partial charge >= 0.3 is 0 Å². The quantitative estimate of drug-likeness (QED) is 0.167. The van der Waals surface area contributed by atoms with Crippen molar-refractivity contribution in [2.75, 3.05) is 4.90 Å². The Labute approximate surface area is 310 Å². The minimum absolute atomic E-state index is 0.875. The van der Waals surface area contributed by atoms with E-state index in [9.17, 15) is 0 Å². The van der Waals surface area contributed by atoms with Gasteiger partial charge in [0.2, 0.25) is 0 Å². The van der Waals surface area contributed by atoms with Gasteiger partial charge in [-0.1, -0.05) is 146 Å². The summed E-state index contributed by atoms with van der Waals surface area (Å²) in [6.45, 7) is 0. The zero-order valence-corrected chi connectivity index (χ0v) is 29.5. The normalized spacial score (nSPS) is 11.8. The zero-order chi connectivity index (χ0) is 34.9. The van der Waals surface area contributed by atoms with Crippen molar-refractivity contribution in [1.29, 1.82) is 0 Å². The van der Waals surface area contributed by atoms with Crippen molar-refractivity contribution in [2.24, 2.45) is 0 Å². The van der Waals surface area contributed by atoms with Gasteiger partial charge in [-0.2, -0.15) is 0 Å². The molecule has 0 spiro atoms. The maximum atomic E-state index is 6.49. The summed E-state index contributed by atoms with van der Waals surface area (Å²) >= 11 is 1.88. The van der Waals surface area contributed by atoms with Crippen LogP contribution in [0.2, 0.25) is 0 Å². The van der Waals surface area contributed by atoms with Crippen LogP contribution in [-0.2, 0) is 0 Å². The minimum Gasteiger partial charge on any atom is -0.456 e. The fourth-order valence-corrected chi connectivity index (χ4v) is 9.48. The molecule has 2 aromatic heterocycles. The Morgan fingerprint density at radius 1 is 0.396 bits per heavy atom. The molecule has 9 aromatic carbocycles. The molecular formula is C50H31NOS. The molecule has 11 aromatic rings. The van der Waals surface area contributed by atoms with E-state index in [0.717, 1.165) is 39.0 Å². The number of nitrogens with zero attached hydrogens (tertiary/aromatic N) is 1. The molecule has 2 heterocycles. The van der Waals surface area contributed by atoms with Crippen LogP contribution < -0.4 is 4.90 Å². The number of hydrogen-bond donors (Lipinski definition) is 0. The van der Waals surface area contributed by atoms with E-state index in [2.05, 4.69) is 187 Å². The molecule has 0 aliphatic carbocycles. The van der Waals surface area contributed by atoms with Crippen molar-refractivity contribution in [3.8, 4) is 22.3 Å². The highest BCUT2D eigenvalue weighted by molar-refractivity contribution is 7.26. The summed E-state index contributed by atoms with van der Waals surface area (Å²) in [5, 5.41) is 9.64. The molecule has 248 valence electrons. The molecule has 0 unspecified atom stereocenters. The van der Waals surface area contributed by atoms with Gasteiger partial charge in [-0.05, 0) is 86.3 Å². The van der Waals surface area contributed by atoms with Crippen LogP contribution in [0.1, 0.15) is 0 Å². The van der Waals surface area contributed by atoms with Gasteiger partial charge in [0.05, 0.1) is 16.8 Å². The number of furan rings is 1. The molecule has 0 saturated carbocycles. The monoisotopic (exact) mass is 693 g/mol. The molecule has 53 heavy (non-hydrogen) atoms. The lowest BCUT2D eigenvalue weighted by molar-refractivity contribution is 0.669. The van der Waals surface area contributed by atoms with Crippen LogP contribution in [0.4, 0.5) is 17.1 Å². The van der Waals surface area contributed by atoms with E-state index >= 15 is 0 Å². The van der Waals surface area contributed by atoms with E-state index in [4.69, 9.17) is 4.42 Å². The van der Waals surface area contributed by atoms with Crippen LogP contribution in [0.25, 0.3) is 85.9 Å². The average molecular weight is 694 g/mol. The summed E-state index contributed by atoms with van der Waals surface area (Å²) in [4.78, 5) is 2.47. The second-order valence-electron chi connectivity index (χ2n) is 13.7. The first-order chi connectivity index (χ1) is 26.3. The number of fused-ring (bicyclic) bond motifs is 9. The molecule has 2 nitrogen and oxygen atoms in total. The Morgan fingerprint density at radius 2 is 1.08 bits per heavy atom. The number of para-hydroxylation sites is 1. The number of rotatable bonds is 5. The van der Waals surface area contributed by atoms with E-state index in [1.807, 2.05) is 17.4 Å². The Morgan fingerprint density at radius 3 is 1.92 bits per heavy atom. The highest BCUT2D eigenvalue weighted by Crippen LogP contribution is 2.51. The van der Waals surface area contributed by atoms with E-state index in [-0.39, 0.29) is 0 Å². The van der Waals surface area contributed by atoms with E-state index in [1.165, 1.54) is 64.0 Å². The van der Waals surface area contributed by atoms with Crippen molar-refractivity contribution < 1.29 is 4.42 Å². The Hall–Kier alpha value is -6.68. The second kappa shape index (κ2) is 11.9. The van der Waals surface area contributed by atoms with Crippen molar-refractivity contribution >= 4 is 92.1 Å². The van der Waals surface area contributed by atoms with Crippen LogP contribution in [0.3, 0.4) is 0 Å². The highest BCUT2D eigenvalue weighted by Gasteiger charge is 2.24. The lowest BCUT2D eigenvalue weighted by Crippen LogP contribution is -2.11. The summed E-state index contributed by atoms with van der Waals surface area (Å²) in [6, 6.07) is 68.0. The lowest BCUT2D eigenvalue weighted by atomic mass is 9.97. The highest BCUT2D eigenvalue weighted by atomic mass is 32.1. The Balaban J connectivity index is 1.26. The van der Waals surface area contributed by atoms with E-state index < -0.39 is 0 Å². The van der Waals surface area contributed by atoms with Crippen molar-refractivity contribution in [3.05, 3.63) is 188 Å². The maximum Gasteiger partial charge on any atom is 0.137 e. The van der Waals surface area contributed by atoms with E-state index in [0.29, 0.717) is 0 Å². The number of thiophene rings is 1. The molecule has 0 saturated heterocycles. The van der Waals surface area contributed by atoms with Crippen molar-refractivity contribution in [3.63, 3.8) is 0 Å². The third-order valence-electron chi connectivity index (χ3n) is 10.6. The van der Waals surface area contributed by atoms with Crippen molar-refractivity contribution in [2.45, 2.75) is 0 Å². The maximum absolute atomic E-state index is 6.49. The number of hydrogen-bond acceptors (Lipinski definition) is 3. The summed E-state index contributed by atoms with van der Waals surface area (Å²) in [6.07, 6.45) is 0. The van der Waals surface area contributed by atoms with Gasteiger partial charge in [0.25, 0.3) is 0 Å². The van der Waals surface area contributed by atoms with Crippen LogP contribution >= 0.6 is 11.3 Å². The topological polar surface area (TPSA) is 16.4 Å². The third kappa shape index (κ3) is 4.78. The average Bonchev–Trinajstić information content (AvgIpc) is 3.81. The molecular weight excluding hydrogens is 663 g/mol. The van der Waals surface area contributed by atoms with Crippen LogP contribution in [-0.4, -0.2) is 0 Å². The summed E-state index contributed by atoms with van der Waals surface area (Å²) in [5.41, 5.74) is 9.98. The number of benzene rings is 9. The standard InChI is InChI=1S/C50H31NOS/c1-3-12-32(13-4-1)36-25-27-41-47(30-36)53-50-39(33-14-5-2-6-15-33)28-29-44(49(41)50)51(43-19-11-21-46-48(43)40-18-9-10-20-45(40)52-46)37-26-24-35-23-22-34-16-7-8-17-38(34)42(35)31-37/h1-31H. The largest absolute Gasteiger partial charge is 0.456 e. The molecule has 11 rings (SSSR count). The predicted molar refractivity (Wildman–Crippen MR) is 227 cm³/mol. The SMILES string of the molecule is c1ccc(-c2ccc3c(c2)sc2c(-c4ccccc4)ccc(N(c4ccc5ccc6ccccc6c5c4)c4cccc5oc6ccccc6c45)c23)cc1. The van der Waals surface area contributed by atoms with Gasteiger partial charge in [0, 0.05) is 31.2 Å². The minimum atomic E-state index is 0.875. The predicted octanol–water partition coefficient (Wildman–Crippen LogP) is 15.1. The molecule has 3 heteroatoms. The van der Waals surface area contributed by atoms with Gasteiger partial charge in [-0.25, -0.2) is 0 Å². The second-order valence-corrected chi connectivity index (χ2v) is 14.7. The fraction of sp³-hybridized carbons (Fsp3) is 0. The molecule has 0 atom stereocenters. The first-order valence-electron chi connectivity index (χ1n) is 18.0. The number of anilines is 3. The van der Waals surface area contributed by atoms with Crippen molar-refractivity contribution in [1.82, 2.24) is 0 Å². The Kier molecular flexibility index (Phi) is 6.76. The van der Waals surface area contributed by atoms with Crippen LogP contribution in [0, 0.1) is 0 Å². The van der Waals surface area contributed by atoms with Crippen LogP contribution in [0.15, 0.2) is 192 Å². The van der Waals surface area contributed by atoms with Gasteiger partial charge in [-0.15, -0.1) is 11.3 Å². The molecule has 0 amide bonds. The van der Waals surface area contributed by atoms with Gasteiger partial charge < -0.3 is 9.32 Å². The summed E-state index contributed by atoms with van der Waals surface area (Å²) < 4.78 is 9.03. The lowest BCUT2D eigenvalue weighted by Gasteiger charge is -2.28. The van der Waals surface area contributed by atoms with Crippen LogP contribution in [0.5, 0.6) is 0 Å². The fourth-order valence-electron chi connectivity index (χ4n) is 8.18. The summed E-state index contributed by atoms with van der Waals surface area (Å²) in [5.74, 6) is 0. The molecule has 0 radical (unpaired) electrons. The third-order valence-corrected chi connectivity index (χ3v) is 11.8. The van der Waals surface area contributed by atoms with Gasteiger partial charge in [0.15, 0.2) is 0 Å². The zero-order valence-electron chi connectivity index (χ0n) is 28.7. The molecule has 0 N–H and O–H groups in total. The summed E-state index contributed by atoms with van der Waals surface area (Å²) in [7, 11) is 0.